The predicted octanol–water partition coefficient (Wildman–Crippen LogP) is 3.48. The number of aromatic hydroxyl groups is 1. The van der Waals surface area contributed by atoms with Crippen molar-refractivity contribution in [2.75, 3.05) is 26.2 Å². The van der Waals surface area contributed by atoms with Gasteiger partial charge in [0.15, 0.2) is 6.10 Å². The minimum absolute atomic E-state index is 0.00338. The summed E-state index contributed by atoms with van der Waals surface area (Å²) in [5.74, 6) is 0.765. The molecule has 1 atom stereocenters. The maximum atomic E-state index is 12.6. The number of nitrogens with zero attached hydrogens (tertiary/aromatic N) is 2. The molecule has 0 aromatic heterocycles. The van der Waals surface area contributed by atoms with Gasteiger partial charge in [-0.1, -0.05) is 35.9 Å². The molecular formula is C23H25ClN2O5. The summed E-state index contributed by atoms with van der Waals surface area (Å²) in [5, 5.41) is 9.75. The van der Waals surface area contributed by atoms with Crippen molar-refractivity contribution in [3.05, 3.63) is 59.1 Å². The Hall–Kier alpha value is -2.93. The van der Waals surface area contributed by atoms with Gasteiger partial charge in [-0.3, -0.25) is 4.79 Å². The van der Waals surface area contributed by atoms with Gasteiger partial charge in [0, 0.05) is 19.1 Å². The largest absolute Gasteiger partial charge is 0.506 e. The second-order valence-electron chi connectivity index (χ2n) is 7.86. The van der Waals surface area contributed by atoms with Gasteiger partial charge < -0.3 is 24.4 Å². The van der Waals surface area contributed by atoms with Crippen molar-refractivity contribution in [1.29, 1.82) is 0 Å². The average molecular weight is 445 g/mol. The number of carbonyl (C=O) groups is 2. The van der Waals surface area contributed by atoms with Crippen molar-refractivity contribution >= 4 is 23.6 Å². The Morgan fingerprint density at radius 3 is 2.61 bits per heavy atom. The number of para-hydroxylation sites is 1. The second kappa shape index (κ2) is 9.47. The molecule has 4 rings (SSSR count). The van der Waals surface area contributed by atoms with E-state index in [0.29, 0.717) is 39.1 Å². The molecule has 2 aromatic rings. The fourth-order valence-electron chi connectivity index (χ4n) is 4.01. The Bertz CT molecular complexity index is 931. The van der Waals surface area contributed by atoms with Crippen LogP contribution in [0.2, 0.25) is 5.02 Å². The minimum Gasteiger partial charge on any atom is -0.506 e. The number of piperidine rings is 1. The zero-order chi connectivity index (χ0) is 21.8. The molecule has 2 fully saturated rings. The molecular weight excluding hydrogens is 420 g/mol. The third kappa shape index (κ3) is 5.22. The maximum Gasteiger partial charge on any atom is 0.410 e. The van der Waals surface area contributed by atoms with Crippen molar-refractivity contribution < 1.29 is 24.2 Å². The molecule has 0 spiro atoms. The lowest BCUT2D eigenvalue weighted by atomic mass is 10.0. The van der Waals surface area contributed by atoms with Crippen LogP contribution in [0.25, 0.3) is 0 Å². The molecule has 164 valence electrons. The van der Waals surface area contributed by atoms with Crippen LogP contribution in [0, 0.1) is 0 Å². The van der Waals surface area contributed by atoms with Crippen LogP contribution in [0.5, 0.6) is 11.5 Å². The van der Waals surface area contributed by atoms with Crippen LogP contribution in [0.4, 0.5) is 4.79 Å². The number of phenolic OH excluding ortho intramolecular Hbond substituents is 1. The smallest absolute Gasteiger partial charge is 0.410 e. The summed E-state index contributed by atoms with van der Waals surface area (Å²) in [5.41, 5.74) is 0.763. The number of hydrogen-bond donors (Lipinski definition) is 1. The number of ether oxygens (including phenoxy) is 2. The number of halogens is 1. The van der Waals surface area contributed by atoms with E-state index in [1.54, 1.807) is 17.0 Å². The quantitative estimate of drug-likeness (QED) is 0.737. The van der Waals surface area contributed by atoms with Crippen LogP contribution in [0.1, 0.15) is 18.4 Å². The van der Waals surface area contributed by atoms with E-state index in [1.165, 1.54) is 6.07 Å². The fraction of sp³-hybridized carbons (Fsp3) is 0.391. The molecule has 2 amide bonds. The number of amides is 2. The van der Waals surface area contributed by atoms with Gasteiger partial charge in [0.2, 0.25) is 5.91 Å². The maximum absolute atomic E-state index is 12.6. The molecule has 2 aliphatic rings. The minimum atomic E-state index is -0.315. The molecule has 1 unspecified atom stereocenters. The Balaban J connectivity index is 1.25. The normalized spacial score (nSPS) is 19.4. The molecule has 0 bridgehead atoms. The molecule has 8 heteroatoms. The van der Waals surface area contributed by atoms with Gasteiger partial charge in [0.05, 0.1) is 18.0 Å². The first-order valence-corrected chi connectivity index (χ1v) is 10.8. The first kappa shape index (κ1) is 21.3. The Morgan fingerprint density at radius 1 is 1.16 bits per heavy atom. The molecule has 0 aliphatic carbocycles. The van der Waals surface area contributed by atoms with E-state index in [-0.39, 0.29) is 41.3 Å². The molecule has 2 saturated heterocycles. The highest BCUT2D eigenvalue weighted by molar-refractivity contribution is 6.32. The van der Waals surface area contributed by atoms with E-state index >= 15 is 0 Å². The zero-order valence-electron chi connectivity index (χ0n) is 17.1. The number of rotatable bonds is 6. The van der Waals surface area contributed by atoms with Gasteiger partial charge >= 0.3 is 6.09 Å². The first-order valence-electron chi connectivity index (χ1n) is 10.4. The number of likely N-dealkylation sites (tertiary alicyclic amines) is 1. The molecule has 2 aromatic carbocycles. The number of benzene rings is 2. The van der Waals surface area contributed by atoms with E-state index in [9.17, 15) is 14.7 Å². The van der Waals surface area contributed by atoms with E-state index in [1.807, 2.05) is 35.2 Å². The van der Waals surface area contributed by atoms with Crippen LogP contribution in [0.3, 0.4) is 0 Å². The molecule has 7 nitrogen and oxygen atoms in total. The molecule has 0 saturated carbocycles. The zero-order valence-corrected chi connectivity index (χ0v) is 17.8. The van der Waals surface area contributed by atoms with Gasteiger partial charge in [0.25, 0.3) is 0 Å². The first-order chi connectivity index (χ1) is 15.0. The fourth-order valence-corrected chi connectivity index (χ4v) is 4.21. The van der Waals surface area contributed by atoms with Gasteiger partial charge in [-0.15, -0.1) is 0 Å². The highest BCUT2D eigenvalue weighted by atomic mass is 35.5. The third-order valence-electron chi connectivity index (χ3n) is 5.71. The standard InChI is InChI=1S/C23H25ClN2O5/c24-20-12-16(6-7-21(20)27)13-22(28)25-10-8-17(9-11-25)26-14-19(31-23(26)29)15-30-18-4-2-1-3-5-18/h1-7,12,17,19,27H,8-11,13-15H2. The average Bonchev–Trinajstić information content (AvgIpc) is 3.16. The summed E-state index contributed by atoms with van der Waals surface area (Å²) in [6.07, 6.45) is 1.04. The predicted molar refractivity (Wildman–Crippen MR) is 115 cm³/mol. The van der Waals surface area contributed by atoms with Gasteiger partial charge in [-0.25, -0.2) is 4.79 Å². The lowest BCUT2D eigenvalue weighted by Crippen LogP contribution is -2.47. The monoisotopic (exact) mass is 444 g/mol. The Labute approximate surface area is 186 Å². The number of phenols is 1. The van der Waals surface area contributed by atoms with Crippen molar-refractivity contribution in [3.63, 3.8) is 0 Å². The summed E-state index contributed by atoms with van der Waals surface area (Å²) in [6.45, 7) is 1.99. The van der Waals surface area contributed by atoms with Crippen molar-refractivity contribution in [2.45, 2.75) is 31.4 Å². The summed E-state index contributed by atoms with van der Waals surface area (Å²) >= 11 is 5.92. The lowest BCUT2D eigenvalue weighted by molar-refractivity contribution is -0.131. The lowest BCUT2D eigenvalue weighted by Gasteiger charge is -2.35. The van der Waals surface area contributed by atoms with Gasteiger partial charge in [0.1, 0.15) is 18.1 Å². The number of hydrogen-bond acceptors (Lipinski definition) is 5. The molecule has 0 radical (unpaired) electrons. The topological polar surface area (TPSA) is 79.3 Å². The van der Waals surface area contributed by atoms with Gasteiger partial charge in [-0.2, -0.15) is 0 Å². The highest BCUT2D eigenvalue weighted by Crippen LogP contribution is 2.26. The van der Waals surface area contributed by atoms with E-state index in [2.05, 4.69) is 0 Å². The summed E-state index contributed by atoms with van der Waals surface area (Å²) < 4.78 is 11.2. The van der Waals surface area contributed by atoms with Crippen molar-refractivity contribution in [1.82, 2.24) is 9.80 Å². The molecule has 2 aliphatic heterocycles. The van der Waals surface area contributed by atoms with Crippen LogP contribution in [-0.4, -0.2) is 65.3 Å². The molecule has 1 N–H and O–H groups in total. The van der Waals surface area contributed by atoms with E-state index < -0.39 is 0 Å². The van der Waals surface area contributed by atoms with Crippen molar-refractivity contribution in [3.8, 4) is 11.5 Å². The van der Waals surface area contributed by atoms with Crippen molar-refractivity contribution in [2.24, 2.45) is 0 Å². The van der Waals surface area contributed by atoms with Crippen LogP contribution >= 0.6 is 11.6 Å². The van der Waals surface area contributed by atoms with Crippen LogP contribution in [0.15, 0.2) is 48.5 Å². The Morgan fingerprint density at radius 2 is 1.90 bits per heavy atom. The SMILES string of the molecule is O=C(Cc1ccc(O)c(Cl)c1)N1CCC(N2CC(COc3ccccc3)OC2=O)CC1. The number of cyclic esters (lactones) is 1. The summed E-state index contributed by atoms with van der Waals surface area (Å²) in [7, 11) is 0. The summed E-state index contributed by atoms with van der Waals surface area (Å²) in [4.78, 5) is 28.6. The highest BCUT2D eigenvalue weighted by Gasteiger charge is 2.38. The van der Waals surface area contributed by atoms with E-state index in [4.69, 9.17) is 21.1 Å². The van der Waals surface area contributed by atoms with Gasteiger partial charge in [-0.05, 0) is 42.7 Å². The summed E-state index contributed by atoms with van der Waals surface area (Å²) in [6, 6.07) is 14.3. The van der Waals surface area contributed by atoms with E-state index in [0.717, 1.165) is 11.3 Å². The van der Waals surface area contributed by atoms with Crippen LogP contribution < -0.4 is 4.74 Å². The Kier molecular flexibility index (Phi) is 6.51. The second-order valence-corrected chi connectivity index (χ2v) is 8.26. The number of carbonyl (C=O) groups excluding carboxylic acids is 2. The molecule has 2 heterocycles. The van der Waals surface area contributed by atoms with Crippen LogP contribution in [-0.2, 0) is 16.0 Å². The third-order valence-corrected chi connectivity index (χ3v) is 6.01. The molecule has 31 heavy (non-hydrogen) atoms.